The maximum absolute atomic E-state index is 8.86. The Hall–Kier alpha value is -1.64. The van der Waals surface area contributed by atoms with Crippen LogP contribution in [0, 0.1) is 11.3 Å². The lowest BCUT2D eigenvalue weighted by atomic mass is 10.2. The summed E-state index contributed by atoms with van der Waals surface area (Å²) in [6, 6.07) is 9.21. The van der Waals surface area contributed by atoms with Gasteiger partial charge in [-0.15, -0.1) is 0 Å². The summed E-state index contributed by atoms with van der Waals surface area (Å²) in [5.74, 6) is 0.476. The number of nitriles is 1. The van der Waals surface area contributed by atoms with Gasteiger partial charge in [-0.3, -0.25) is 0 Å². The molecule has 2 rings (SSSR count). The molecule has 0 aliphatic carbocycles. The van der Waals surface area contributed by atoms with Gasteiger partial charge in [0.1, 0.15) is 6.07 Å². The van der Waals surface area contributed by atoms with Crippen LogP contribution >= 0.6 is 23.3 Å². The summed E-state index contributed by atoms with van der Waals surface area (Å²) in [7, 11) is 0. The van der Waals surface area contributed by atoms with Gasteiger partial charge in [0.15, 0.2) is 11.0 Å². The third kappa shape index (κ3) is 2.06. The van der Waals surface area contributed by atoms with Crippen LogP contribution in [-0.4, -0.2) is 8.75 Å². The van der Waals surface area contributed by atoms with Crippen molar-refractivity contribution < 1.29 is 0 Å². The van der Waals surface area contributed by atoms with E-state index in [1.54, 1.807) is 18.2 Å². The molecule has 0 bridgehead atoms. The Bertz CT molecular complexity index is 517. The van der Waals surface area contributed by atoms with Gasteiger partial charge in [-0.1, -0.05) is 23.7 Å². The fourth-order valence-electron chi connectivity index (χ4n) is 1.07. The van der Waals surface area contributed by atoms with Gasteiger partial charge in [-0.05, 0) is 12.1 Å². The number of hydrogen-bond acceptors (Lipinski definition) is 5. The van der Waals surface area contributed by atoms with Crippen molar-refractivity contribution in [2.24, 2.45) is 0 Å². The first-order chi connectivity index (χ1) is 7.31. The molecule has 0 spiro atoms. The topological polar surface area (TPSA) is 61.6 Å². The van der Waals surface area contributed by atoms with E-state index in [1.807, 2.05) is 6.07 Å². The lowest BCUT2D eigenvalue weighted by Gasteiger charge is -2.03. The van der Waals surface area contributed by atoms with E-state index in [4.69, 9.17) is 16.9 Å². The maximum atomic E-state index is 8.86. The first-order valence-corrected chi connectivity index (χ1v) is 5.16. The molecule has 74 valence electrons. The monoisotopic (exact) mass is 236 g/mol. The normalized spacial score (nSPS) is 9.60. The molecule has 1 aromatic carbocycles. The van der Waals surface area contributed by atoms with Gasteiger partial charge in [-0.25, -0.2) is 0 Å². The number of nitrogens with zero attached hydrogens (tertiary/aromatic N) is 3. The van der Waals surface area contributed by atoms with E-state index in [0.29, 0.717) is 22.2 Å². The second-order valence-corrected chi connectivity index (χ2v) is 3.57. The highest BCUT2D eigenvalue weighted by atomic mass is 35.5. The molecule has 0 aliphatic rings. The van der Waals surface area contributed by atoms with Gasteiger partial charge in [0, 0.05) is 0 Å². The zero-order valence-electron chi connectivity index (χ0n) is 7.44. The van der Waals surface area contributed by atoms with Crippen molar-refractivity contribution in [1.29, 1.82) is 5.26 Å². The first-order valence-electron chi connectivity index (χ1n) is 4.05. The fraction of sp³-hybridized carbons (Fsp3) is 0. The van der Waals surface area contributed by atoms with E-state index in [0.717, 1.165) is 11.7 Å². The Kier molecular flexibility index (Phi) is 2.81. The SMILES string of the molecule is N#Cc1ccccc1Nc1nsnc1Cl. The Morgan fingerprint density at radius 2 is 2.13 bits per heavy atom. The zero-order valence-corrected chi connectivity index (χ0v) is 9.01. The average molecular weight is 237 g/mol. The van der Waals surface area contributed by atoms with Gasteiger partial charge < -0.3 is 5.32 Å². The highest BCUT2D eigenvalue weighted by Gasteiger charge is 2.07. The van der Waals surface area contributed by atoms with Gasteiger partial charge in [0.05, 0.1) is 23.0 Å². The number of nitrogens with one attached hydrogen (secondary N) is 1. The summed E-state index contributed by atoms with van der Waals surface area (Å²) in [6.45, 7) is 0. The molecule has 2 aromatic rings. The lowest BCUT2D eigenvalue weighted by molar-refractivity contribution is 1.42. The number of halogens is 1. The summed E-state index contributed by atoms with van der Waals surface area (Å²) in [4.78, 5) is 0. The second kappa shape index (κ2) is 4.26. The minimum absolute atomic E-state index is 0.313. The van der Waals surface area contributed by atoms with Crippen LogP contribution in [0.5, 0.6) is 0 Å². The van der Waals surface area contributed by atoms with Crippen LogP contribution in [0.2, 0.25) is 5.15 Å². The van der Waals surface area contributed by atoms with Crippen molar-refractivity contribution in [2.75, 3.05) is 5.32 Å². The lowest BCUT2D eigenvalue weighted by Crippen LogP contribution is -1.93. The third-order valence-corrected chi connectivity index (χ3v) is 2.64. The molecule has 6 heteroatoms. The zero-order chi connectivity index (χ0) is 10.7. The van der Waals surface area contributed by atoms with E-state index in [2.05, 4.69) is 20.1 Å². The average Bonchev–Trinajstić information content (AvgIpc) is 2.65. The van der Waals surface area contributed by atoms with E-state index in [1.165, 1.54) is 0 Å². The number of aromatic nitrogens is 2. The molecule has 1 heterocycles. The van der Waals surface area contributed by atoms with Crippen LogP contribution in [0.3, 0.4) is 0 Å². The molecule has 0 atom stereocenters. The van der Waals surface area contributed by atoms with Crippen LogP contribution in [0.1, 0.15) is 5.56 Å². The minimum atomic E-state index is 0.313. The van der Waals surface area contributed by atoms with Crippen LogP contribution in [-0.2, 0) is 0 Å². The third-order valence-electron chi connectivity index (χ3n) is 1.75. The van der Waals surface area contributed by atoms with Crippen molar-refractivity contribution >= 4 is 34.8 Å². The Labute approximate surface area is 95.5 Å². The molecular weight excluding hydrogens is 232 g/mol. The summed E-state index contributed by atoms with van der Waals surface area (Å²) in [6.07, 6.45) is 0. The van der Waals surface area contributed by atoms with Crippen molar-refractivity contribution in [3.63, 3.8) is 0 Å². The molecule has 1 N–H and O–H groups in total. The summed E-state index contributed by atoms with van der Waals surface area (Å²) in [5.41, 5.74) is 1.22. The Morgan fingerprint density at radius 1 is 1.33 bits per heavy atom. The van der Waals surface area contributed by atoms with Crippen molar-refractivity contribution in [2.45, 2.75) is 0 Å². The maximum Gasteiger partial charge on any atom is 0.187 e. The number of benzene rings is 1. The predicted molar refractivity (Wildman–Crippen MR) is 59.4 cm³/mol. The number of para-hydroxylation sites is 1. The fourth-order valence-corrected chi connectivity index (χ4v) is 1.71. The molecule has 0 fully saturated rings. The molecule has 4 nitrogen and oxygen atoms in total. The number of hydrogen-bond donors (Lipinski definition) is 1. The molecule has 0 saturated carbocycles. The van der Waals surface area contributed by atoms with Crippen LogP contribution < -0.4 is 5.32 Å². The molecule has 0 saturated heterocycles. The summed E-state index contributed by atoms with van der Waals surface area (Å²) >= 11 is 6.80. The van der Waals surface area contributed by atoms with Crippen LogP contribution in [0.25, 0.3) is 0 Å². The first kappa shape index (κ1) is 9.90. The standard InChI is InChI=1S/C9H5ClN4S/c10-8-9(14-15-13-8)12-7-4-2-1-3-6(7)5-11/h1-4H,(H,12,14). The van der Waals surface area contributed by atoms with Crippen molar-refractivity contribution in [3.05, 3.63) is 35.0 Å². The van der Waals surface area contributed by atoms with E-state index < -0.39 is 0 Å². The number of anilines is 2. The molecule has 15 heavy (non-hydrogen) atoms. The second-order valence-electron chi connectivity index (χ2n) is 2.69. The van der Waals surface area contributed by atoms with Crippen LogP contribution in [0.15, 0.2) is 24.3 Å². The minimum Gasteiger partial charge on any atom is -0.336 e. The Morgan fingerprint density at radius 3 is 2.80 bits per heavy atom. The van der Waals surface area contributed by atoms with Gasteiger partial charge in [0.25, 0.3) is 0 Å². The highest BCUT2D eigenvalue weighted by molar-refractivity contribution is 6.99. The largest absolute Gasteiger partial charge is 0.336 e. The molecule has 1 aromatic heterocycles. The highest BCUT2D eigenvalue weighted by Crippen LogP contribution is 2.24. The van der Waals surface area contributed by atoms with E-state index in [-0.39, 0.29) is 0 Å². The Balaban J connectivity index is 2.33. The van der Waals surface area contributed by atoms with E-state index in [9.17, 15) is 0 Å². The molecular formula is C9H5ClN4S. The molecule has 0 amide bonds. The number of rotatable bonds is 2. The predicted octanol–water partition coefficient (Wildman–Crippen LogP) is 2.81. The van der Waals surface area contributed by atoms with Crippen molar-refractivity contribution in [1.82, 2.24) is 8.75 Å². The van der Waals surface area contributed by atoms with Gasteiger partial charge in [-0.2, -0.15) is 14.0 Å². The molecule has 0 unspecified atom stereocenters. The van der Waals surface area contributed by atoms with Gasteiger partial charge in [0.2, 0.25) is 0 Å². The summed E-state index contributed by atoms with van der Waals surface area (Å²) < 4.78 is 7.78. The smallest absolute Gasteiger partial charge is 0.187 e. The molecule has 0 radical (unpaired) electrons. The van der Waals surface area contributed by atoms with Crippen molar-refractivity contribution in [3.8, 4) is 6.07 Å². The molecule has 0 aliphatic heterocycles. The van der Waals surface area contributed by atoms with E-state index >= 15 is 0 Å². The summed E-state index contributed by atoms with van der Waals surface area (Å²) in [5, 5.41) is 12.1. The van der Waals surface area contributed by atoms with Gasteiger partial charge >= 0.3 is 0 Å². The quantitative estimate of drug-likeness (QED) is 0.871. The van der Waals surface area contributed by atoms with Crippen LogP contribution in [0.4, 0.5) is 11.5 Å².